The summed E-state index contributed by atoms with van der Waals surface area (Å²) in [5, 5.41) is 22.1. The molecule has 0 spiro atoms. The summed E-state index contributed by atoms with van der Waals surface area (Å²) >= 11 is 0. The Labute approximate surface area is 221 Å². The number of aromatic nitrogens is 3. The van der Waals surface area contributed by atoms with Crippen LogP contribution in [0.15, 0.2) is 85.3 Å². The second kappa shape index (κ2) is 12.4. The highest BCUT2D eigenvalue weighted by molar-refractivity contribution is 5.95. The maximum absolute atomic E-state index is 13.3. The van der Waals surface area contributed by atoms with Crippen molar-refractivity contribution in [3.05, 3.63) is 102 Å². The van der Waals surface area contributed by atoms with Crippen LogP contribution in [0.25, 0.3) is 11.1 Å². The smallest absolute Gasteiger partial charge is 0.247 e. The zero-order valence-electron chi connectivity index (χ0n) is 21.3. The molecule has 0 aliphatic carbocycles. The third-order valence-corrected chi connectivity index (χ3v) is 6.20. The van der Waals surface area contributed by atoms with Crippen molar-refractivity contribution in [2.75, 3.05) is 18.9 Å². The van der Waals surface area contributed by atoms with E-state index in [0.29, 0.717) is 17.9 Å². The maximum atomic E-state index is 13.3. The van der Waals surface area contributed by atoms with Crippen LogP contribution >= 0.6 is 0 Å². The van der Waals surface area contributed by atoms with Crippen LogP contribution in [0, 0.1) is 11.3 Å². The van der Waals surface area contributed by atoms with Crippen molar-refractivity contribution in [1.82, 2.24) is 25.4 Å². The molecule has 2 atom stereocenters. The van der Waals surface area contributed by atoms with Crippen molar-refractivity contribution in [3.63, 3.8) is 0 Å². The quantitative estimate of drug-likeness (QED) is 0.301. The summed E-state index contributed by atoms with van der Waals surface area (Å²) in [6.07, 6.45) is 5.10. The average Bonchev–Trinajstić information content (AvgIpc) is 3.42. The van der Waals surface area contributed by atoms with Crippen LogP contribution in [0.1, 0.15) is 35.6 Å². The van der Waals surface area contributed by atoms with Gasteiger partial charge in [0.15, 0.2) is 0 Å². The summed E-state index contributed by atoms with van der Waals surface area (Å²) in [6, 6.07) is 22.2. The number of nitrogens with zero attached hydrogens (tertiary/aromatic N) is 4. The van der Waals surface area contributed by atoms with E-state index >= 15 is 0 Å². The Morgan fingerprint density at radius 2 is 1.74 bits per heavy atom. The van der Waals surface area contributed by atoms with Gasteiger partial charge in [0, 0.05) is 37.1 Å². The van der Waals surface area contributed by atoms with Crippen LogP contribution < -0.4 is 16.0 Å². The third kappa shape index (κ3) is 6.69. The third-order valence-electron chi connectivity index (χ3n) is 6.20. The van der Waals surface area contributed by atoms with Gasteiger partial charge in [0.1, 0.15) is 18.4 Å². The number of hydrogen-bond donors (Lipinski definition) is 3. The van der Waals surface area contributed by atoms with Gasteiger partial charge in [-0.1, -0.05) is 49.4 Å². The molecule has 0 radical (unpaired) electrons. The number of hydrogen-bond acceptors (Lipinski definition) is 6. The minimum atomic E-state index is -0.582. The lowest BCUT2D eigenvalue weighted by Gasteiger charge is -2.21. The van der Waals surface area contributed by atoms with E-state index < -0.39 is 6.04 Å². The van der Waals surface area contributed by atoms with Crippen LogP contribution in [-0.4, -0.2) is 40.2 Å². The monoisotopic (exact) mass is 507 g/mol. The topological polar surface area (TPSA) is 125 Å². The highest BCUT2D eigenvalue weighted by Gasteiger charge is 2.22. The minimum Gasteiger partial charge on any atom is -0.358 e. The number of rotatable bonds is 10. The highest BCUT2D eigenvalue weighted by atomic mass is 16.2. The Morgan fingerprint density at radius 3 is 2.39 bits per heavy atom. The summed E-state index contributed by atoms with van der Waals surface area (Å²) in [6.45, 7) is 2.77. The van der Waals surface area contributed by atoms with E-state index in [1.54, 1.807) is 48.5 Å². The molecule has 2 aromatic carbocycles. The van der Waals surface area contributed by atoms with E-state index in [1.165, 1.54) is 0 Å². The van der Waals surface area contributed by atoms with Gasteiger partial charge < -0.3 is 16.0 Å². The van der Waals surface area contributed by atoms with Gasteiger partial charge in [-0.05, 0) is 41.3 Å². The maximum Gasteiger partial charge on any atom is 0.247 e. The molecule has 0 aliphatic heterocycles. The normalized spacial score (nSPS) is 12.2. The van der Waals surface area contributed by atoms with E-state index in [2.05, 4.69) is 39.0 Å². The molecule has 0 saturated heterocycles. The summed E-state index contributed by atoms with van der Waals surface area (Å²) in [4.78, 5) is 29.3. The van der Waals surface area contributed by atoms with Crippen molar-refractivity contribution < 1.29 is 9.59 Å². The molecule has 0 saturated carbocycles. The van der Waals surface area contributed by atoms with E-state index in [-0.39, 0.29) is 24.3 Å². The van der Waals surface area contributed by atoms with Gasteiger partial charge in [0.2, 0.25) is 11.8 Å². The number of amides is 2. The molecule has 0 bridgehead atoms. The van der Waals surface area contributed by atoms with Crippen LogP contribution in [0.4, 0.5) is 5.82 Å². The standard InChI is InChI=1S/C29H29N7O2/c1-20(22-10-8-21(14-30)9-11-22)15-33-28(23-6-4-3-5-7-23)29(38)35-26-13-12-24(16-32-26)25-17-34-36(18-25)19-27(37)31-2/h3-13,16-18,20,28,33H,15,19H2,1-2H3,(H,31,37)(H,32,35,38)/t20?,28-/m0/s1. The number of likely N-dealkylation sites (N-methyl/N-ethyl adjacent to an activating group) is 1. The largest absolute Gasteiger partial charge is 0.358 e. The lowest BCUT2D eigenvalue weighted by atomic mass is 9.98. The summed E-state index contributed by atoms with van der Waals surface area (Å²) < 4.78 is 1.55. The van der Waals surface area contributed by atoms with Crippen LogP contribution in [0.5, 0.6) is 0 Å². The van der Waals surface area contributed by atoms with E-state index in [9.17, 15) is 9.59 Å². The average molecular weight is 508 g/mol. The van der Waals surface area contributed by atoms with Gasteiger partial charge in [0.25, 0.3) is 0 Å². The first-order chi connectivity index (χ1) is 18.5. The van der Waals surface area contributed by atoms with E-state index in [4.69, 9.17) is 5.26 Å². The fraction of sp³-hybridized carbons (Fsp3) is 0.207. The lowest BCUT2D eigenvalue weighted by Crippen LogP contribution is -2.35. The zero-order chi connectivity index (χ0) is 26.9. The second-order valence-corrected chi connectivity index (χ2v) is 8.91. The summed E-state index contributed by atoms with van der Waals surface area (Å²) in [5.41, 5.74) is 4.18. The first kappa shape index (κ1) is 26.3. The van der Waals surface area contributed by atoms with Crippen molar-refractivity contribution in [2.24, 2.45) is 0 Å². The predicted octanol–water partition coefficient (Wildman–Crippen LogP) is 3.64. The van der Waals surface area contributed by atoms with Crippen molar-refractivity contribution >= 4 is 17.6 Å². The number of pyridine rings is 1. The molecule has 4 aromatic rings. The molecule has 2 heterocycles. The molecule has 38 heavy (non-hydrogen) atoms. The van der Waals surface area contributed by atoms with Crippen LogP contribution in [-0.2, 0) is 16.1 Å². The number of benzene rings is 2. The summed E-state index contributed by atoms with van der Waals surface area (Å²) in [7, 11) is 1.58. The fourth-order valence-corrected chi connectivity index (χ4v) is 3.97. The van der Waals surface area contributed by atoms with Gasteiger partial charge in [0.05, 0.1) is 17.8 Å². The molecule has 2 amide bonds. The van der Waals surface area contributed by atoms with Crippen molar-refractivity contribution in [2.45, 2.75) is 25.4 Å². The fourth-order valence-electron chi connectivity index (χ4n) is 3.97. The molecule has 192 valence electrons. The van der Waals surface area contributed by atoms with Crippen LogP contribution in [0.3, 0.4) is 0 Å². The second-order valence-electron chi connectivity index (χ2n) is 8.91. The Kier molecular flexibility index (Phi) is 8.59. The SMILES string of the molecule is CNC(=O)Cn1cc(-c2ccc(NC(=O)[C@@H](NCC(C)c3ccc(C#N)cc3)c3ccccc3)nc2)cn1. The number of anilines is 1. The first-order valence-corrected chi connectivity index (χ1v) is 12.3. The molecule has 9 nitrogen and oxygen atoms in total. The molecular formula is C29H29N7O2. The number of nitriles is 1. The molecule has 3 N–H and O–H groups in total. The van der Waals surface area contributed by atoms with Gasteiger partial charge in [-0.2, -0.15) is 10.4 Å². The molecule has 1 unspecified atom stereocenters. The Bertz CT molecular complexity index is 1410. The predicted molar refractivity (Wildman–Crippen MR) is 145 cm³/mol. The number of carbonyl (C=O) groups excluding carboxylic acids is 2. The lowest BCUT2D eigenvalue weighted by molar-refractivity contribution is -0.121. The number of nitrogens with one attached hydrogen (secondary N) is 3. The van der Waals surface area contributed by atoms with Crippen LogP contribution in [0.2, 0.25) is 0 Å². The zero-order valence-corrected chi connectivity index (χ0v) is 21.3. The molecule has 0 aliphatic rings. The van der Waals surface area contributed by atoms with Gasteiger partial charge in [-0.3, -0.25) is 14.3 Å². The van der Waals surface area contributed by atoms with E-state index in [0.717, 1.165) is 22.3 Å². The van der Waals surface area contributed by atoms with Gasteiger partial charge in [-0.15, -0.1) is 0 Å². The summed E-state index contributed by atoms with van der Waals surface area (Å²) in [5.74, 6) is 0.202. The first-order valence-electron chi connectivity index (χ1n) is 12.3. The Hall–Kier alpha value is -4.81. The Morgan fingerprint density at radius 1 is 0.974 bits per heavy atom. The van der Waals surface area contributed by atoms with Gasteiger partial charge in [-0.25, -0.2) is 4.98 Å². The van der Waals surface area contributed by atoms with Gasteiger partial charge >= 0.3 is 0 Å². The minimum absolute atomic E-state index is 0.128. The van der Waals surface area contributed by atoms with Crippen molar-refractivity contribution in [3.8, 4) is 17.2 Å². The number of carbonyl (C=O) groups is 2. The Balaban J connectivity index is 1.43. The molecule has 2 aromatic heterocycles. The highest BCUT2D eigenvalue weighted by Crippen LogP contribution is 2.22. The molecule has 4 rings (SSSR count). The molecule has 9 heteroatoms. The molecular weight excluding hydrogens is 478 g/mol. The van der Waals surface area contributed by atoms with Crippen molar-refractivity contribution in [1.29, 1.82) is 5.26 Å². The molecule has 0 fully saturated rings. The van der Waals surface area contributed by atoms with E-state index in [1.807, 2.05) is 48.5 Å².